The number of aryl methyl sites for hydroxylation is 1. The SMILES string of the molecule is Cc1ccnc(-c2[c-]cc(F)cc2F)c1.O=C(O)c1ncccc1OCc1cc(-n2c3ccccc3c3ccccc32)cc(-n2c3ccccc3c3ccccc32)c1.[Ir]. The molecule has 10 heteroatoms. The molecule has 10 rings (SSSR count). The quantitative estimate of drug-likeness (QED) is 0.161. The van der Waals surface area contributed by atoms with Crippen LogP contribution in [0.25, 0.3) is 66.2 Å². The molecule has 4 aromatic heterocycles. The van der Waals surface area contributed by atoms with Crippen LogP contribution < -0.4 is 4.74 Å². The molecule has 10 aromatic rings. The van der Waals surface area contributed by atoms with Crippen molar-refractivity contribution in [1.82, 2.24) is 19.1 Å². The first kappa shape index (κ1) is 38.9. The fraction of sp³-hybridized carbons (Fsp3) is 0.0408. The molecule has 291 valence electrons. The van der Waals surface area contributed by atoms with Crippen molar-refractivity contribution in [3.63, 3.8) is 0 Å². The summed E-state index contributed by atoms with van der Waals surface area (Å²) in [6.45, 7) is 2.05. The van der Waals surface area contributed by atoms with Crippen LogP contribution in [0.15, 0.2) is 164 Å². The van der Waals surface area contributed by atoms with E-state index in [0.29, 0.717) is 5.69 Å². The van der Waals surface area contributed by atoms with Crippen LogP contribution in [0.1, 0.15) is 21.6 Å². The number of carbonyl (C=O) groups is 1. The van der Waals surface area contributed by atoms with Gasteiger partial charge in [-0.25, -0.2) is 9.78 Å². The monoisotopic (exact) mass is 956 g/mol. The zero-order chi connectivity index (χ0) is 39.8. The van der Waals surface area contributed by atoms with Crippen molar-refractivity contribution in [2.24, 2.45) is 0 Å². The first-order valence-corrected chi connectivity index (χ1v) is 18.6. The molecule has 0 bridgehead atoms. The van der Waals surface area contributed by atoms with Crippen LogP contribution in [-0.2, 0) is 26.7 Å². The molecule has 0 aliphatic carbocycles. The maximum Gasteiger partial charge on any atom is 0.358 e. The van der Waals surface area contributed by atoms with Gasteiger partial charge in [0.15, 0.2) is 11.4 Å². The Morgan fingerprint density at radius 3 is 1.68 bits per heavy atom. The van der Waals surface area contributed by atoms with Crippen molar-refractivity contribution < 1.29 is 43.5 Å². The molecule has 0 amide bonds. The van der Waals surface area contributed by atoms with E-state index in [1.54, 1.807) is 24.4 Å². The van der Waals surface area contributed by atoms with Gasteiger partial charge in [0.05, 0.1) is 22.1 Å². The van der Waals surface area contributed by atoms with Gasteiger partial charge in [0.25, 0.3) is 0 Å². The number of aromatic carboxylic acids is 1. The molecule has 0 saturated carbocycles. The second kappa shape index (κ2) is 16.5. The van der Waals surface area contributed by atoms with Crippen LogP contribution in [0.5, 0.6) is 5.75 Å². The topological polar surface area (TPSA) is 82.2 Å². The molecule has 4 heterocycles. The molecule has 0 atom stereocenters. The maximum atomic E-state index is 13.4. The number of pyridine rings is 2. The number of ether oxygens (including phenoxy) is 1. The Bertz CT molecular complexity index is 2940. The zero-order valence-electron chi connectivity index (χ0n) is 31.4. The first-order valence-electron chi connectivity index (χ1n) is 18.6. The summed E-state index contributed by atoms with van der Waals surface area (Å²) in [6, 6.07) is 51.5. The Labute approximate surface area is 351 Å². The number of halogens is 2. The van der Waals surface area contributed by atoms with E-state index in [2.05, 4.69) is 140 Å². The van der Waals surface area contributed by atoms with Gasteiger partial charge in [-0.15, -0.1) is 12.1 Å². The number of carboxylic acid groups (broad SMARTS) is 1. The Hall–Kier alpha value is -7.00. The summed E-state index contributed by atoms with van der Waals surface area (Å²) >= 11 is 0. The van der Waals surface area contributed by atoms with Crippen LogP contribution in [0.2, 0.25) is 0 Å². The molecule has 0 aliphatic rings. The molecular formula is C49H33F2IrN4O3-. The van der Waals surface area contributed by atoms with Crippen molar-refractivity contribution in [3.05, 3.63) is 199 Å². The van der Waals surface area contributed by atoms with E-state index in [1.165, 1.54) is 27.7 Å². The van der Waals surface area contributed by atoms with Crippen molar-refractivity contribution in [3.8, 4) is 28.4 Å². The average Bonchev–Trinajstić information content (AvgIpc) is 3.76. The summed E-state index contributed by atoms with van der Waals surface area (Å²) in [5.41, 5.74) is 8.82. The second-order valence-corrected chi connectivity index (χ2v) is 13.8. The molecule has 0 saturated heterocycles. The van der Waals surface area contributed by atoms with Crippen LogP contribution >= 0.6 is 0 Å². The third-order valence-corrected chi connectivity index (χ3v) is 10.0. The van der Waals surface area contributed by atoms with Gasteiger partial charge in [-0.2, -0.15) is 0 Å². The van der Waals surface area contributed by atoms with E-state index >= 15 is 0 Å². The number of benzene rings is 6. The summed E-state index contributed by atoms with van der Waals surface area (Å²) in [5, 5.41) is 14.4. The Kier molecular flexibility index (Phi) is 10.8. The number of aromatic nitrogens is 4. The third kappa shape index (κ3) is 7.47. The van der Waals surface area contributed by atoms with Gasteiger partial charge < -0.3 is 24.0 Å². The Balaban J connectivity index is 0.000000256. The molecular weight excluding hydrogens is 923 g/mol. The average molecular weight is 956 g/mol. The number of carboxylic acids is 1. The van der Waals surface area contributed by atoms with Crippen LogP contribution in [-0.4, -0.2) is 30.2 Å². The maximum absolute atomic E-state index is 13.4. The van der Waals surface area contributed by atoms with Crippen molar-refractivity contribution in [2.75, 3.05) is 0 Å². The largest absolute Gasteiger partial charge is 0.486 e. The molecule has 0 unspecified atom stereocenters. The molecule has 0 fully saturated rings. The Morgan fingerprint density at radius 1 is 0.661 bits per heavy atom. The van der Waals surface area contributed by atoms with E-state index in [-0.39, 0.29) is 43.7 Å². The van der Waals surface area contributed by atoms with E-state index in [0.717, 1.165) is 56.7 Å². The fourth-order valence-electron chi connectivity index (χ4n) is 7.54. The predicted molar refractivity (Wildman–Crippen MR) is 224 cm³/mol. The number of hydrogen-bond acceptors (Lipinski definition) is 4. The molecule has 59 heavy (non-hydrogen) atoms. The van der Waals surface area contributed by atoms with Crippen LogP contribution in [0, 0.1) is 24.6 Å². The van der Waals surface area contributed by atoms with Crippen molar-refractivity contribution >= 4 is 49.6 Å². The zero-order valence-corrected chi connectivity index (χ0v) is 33.8. The summed E-state index contributed by atoms with van der Waals surface area (Å²) in [6.07, 6.45) is 3.04. The molecule has 1 N–H and O–H groups in total. The Morgan fingerprint density at radius 2 is 1.19 bits per heavy atom. The van der Waals surface area contributed by atoms with E-state index in [9.17, 15) is 18.7 Å². The summed E-state index contributed by atoms with van der Waals surface area (Å²) in [4.78, 5) is 19.8. The van der Waals surface area contributed by atoms with Crippen molar-refractivity contribution in [1.29, 1.82) is 0 Å². The minimum absolute atomic E-state index is 0. The van der Waals surface area contributed by atoms with E-state index in [1.807, 2.05) is 13.0 Å². The van der Waals surface area contributed by atoms with Crippen LogP contribution in [0.4, 0.5) is 8.78 Å². The van der Waals surface area contributed by atoms with E-state index < -0.39 is 17.6 Å². The number of para-hydroxylation sites is 4. The summed E-state index contributed by atoms with van der Waals surface area (Å²) < 4.78 is 36.7. The van der Waals surface area contributed by atoms with Crippen molar-refractivity contribution in [2.45, 2.75) is 13.5 Å². The number of nitrogens with zero attached hydrogens (tertiary/aromatic N) is 4. The molecule has 7 nitrogen and oxygen atoms in total. The standard InChI is InChI=1S/C37H25N3O3.C12H8F2N.Ir/c41-37(42)36-35(18-9-19-38-36)43-23-24-20-25(39-31-14-5-1-10-27(31)28-11-2-6-15-32(28)39)22-26(21-24)40-33-16-7-3-12-29(33)30-13-4-8-17-34(30)40;1-8-4-5-15-12(6-8)10-3-2-9(13)7-11(10)14;/h1-22H,23H2,(H,41,42);2,4-7H,1H3;/q;-1;. The summed E-state index contributed by atoms with van der Waals surface area (Å²) in [7, 11) is 0. The smallest absolute Gasteiger partial charge is 0.358 e. The van der Waals surface area contributed by atoms with Gasteiger partial charge in [0, 0.05) is 77.1 Å². The predicted octanol–water partition coefficient (Wildman–Crippen LogP) is 11.7. The summed E-state index contributed by atoms with van der Waals surface area (Å²) in [5.74, 6) is -2.17. The molecule has 1 radical (unpaired) electrons. The van der Waals surface area contributed by atoms with Gasteiger partial charge in [-0.05, 0) is 78.8 Å². The van der Waals surface area contributed by atoms with Gasteiger partial charge in [0.2, 0.25) is 0 Å². The van der Waals surface area contributed by atoms with Gasteiger partial charge >= 0.3 is 5.97 Å². The normalized spacial score (nSPS) is 11.0. The van der Waals surface area contributed by atoms with Gasteiger partial charge in [-0.1, -0.05) is 96.1 Å². The molecule has 0 aliphatic heterocycles. The number of rotatable bonds is 7. The number of fused-ring (bicyclic) bond motifs is 6. The number of hydrogen-bond donors (Lipinski definition) is 1. The minimum Gasteiger partial charge on any atom is -0.486 e. The molecule has 6 aromatic carbocycles. The van der Waals surface area contributed by atoms with Crippen LogP contribution in [0.3, 0.4) is 0 Å². The first-order chi connectivity index (χ1) is 28.3. The van der Waals surface area contributed by atoms with Gasteiger partial charge in [-0.3, -0.25) is 8.78 Å². The minimum atomic E-state index is -1.12. The van der Waals surface area contributed by atoms with E-state index in [4.69, 9.17) is 4.74 Å². The van der Waals surface area contributed by atoms with Gasteiger partial charge in [0.1, 0.15) is 6.61 Å². The molecule has 0 spiro atoms. The fourth-order valence-corrected chi connectivity index (χ4v) is 7.54. The third-order valence-electron chi connectivity index (χ3n) is 10.0. The second-order valence-electron chi connectivity index (χ2n) is 13.8.